The Morgan fingerprint density at radius 1 is 1.39 bits per heavy atom. The van der Waals surface area contributed by atoms with E-state index in [-0.39, 0.29) is 10.5 Å². The highest BCUT2D eigenvalue weighted by Crippen LogP contribution is 2.36. The van der Waals surface area contributed by atoms with Gasteiger partial charge in [-0.2, -0.15) is 13.2 Å². The molecule has 0 bridgehead atoms. The molecule has 18 heavy (non-hydrogen) atoms. The lowest BCUT2D eigenvalue weighted by Gasteiger charge is -2.18. The normalized spacial score (nSPS) is 13.7. The van der Waals surface area contributed by atoms with E-state index in [0.29, 0.717) is 12.0 Å². The van der Waals surface area contributed by atoms with Crippen LogP contribution in [0.5, 0.6) is 0 Å². The molecular weight excluding hydrogens is 309 g/mol. The molecule has 0 saturated carbocycles. The van der Waals surface area contributed by atoms with Gasteiger partial charge in [-0.15, -0.1) is 0 Å². The van der Waals surface area contributed by atoms with E-state index in [1.165, 1.54) is 6.07 Å². The van der Waals surface area contributed by atoms with Gasteiger partial charge in [-0.1, -0.05) is 41.8 Å². The quantitative estimate of drug-likeness (QED) is 0.630. The van der Waals surface area contributed by atoms with E-state index < -0.39 is 11.7 Å². The highest BCUT2D eigenvalue weighted by Gasteiger charge is 2.33. The van der Waals surface area contributed by atoms with Crippen molar-refractivity contribution in [3.8, 4) is 0 Å². The molecule has 0 amide bonds. The molecule has 0 radical (unpaired) electrons. The largest absolute Gasteiger partial charge is 0.417 e. The van der Waals surface area contributed by atoms with E-state index in [0.717, 1.165) is 18.9 Å². The Bertz CT molecular complexity index is 393. The lowest BCUT2D eigenvalue weighted by Crippen LogP contribution is -2.28. The number of hydrogen-bond acceptors (Lipinski definition) is 2. The first-order valence-electron chi connectivity index (χ1n) is 5.73. The highest BCUT2D eigenvalue weighted by molar-refractivity contribution is 9.10. The smallest absolute Gasteiger partial charge is 0.271 e. The zero-order chi connectivity index (χ0) is 13.8. The molecular formula is C12H16BrF3N2. The Morgan fingerprint density at radius 2 is 2.06 bits per heavy atom. The van der Waals surface area contributed by atoms with E-state index in [9.17, 15) is 13.2 Å². The minimum atomic E-state index is -4.36. The van der Waals surface area contributed by atoms with Crippen molar-refractivity contribution in [3.63, 3.8) is 0 Å². The van der Waals surface area contributed by atoms with Gasteiger partial charge >= 0.3 is 6.18 Å². The second kappa shape index (κ2) is 6.54. The Hall–Kier alpha value is -0.590. The monoisotopic (exact) mass is 324 g/mol. The first kappa shape index (κ1) is 15.5. The standard InChI is InChI=1S/C12H16BrF3N2/c1-2-3-4-11(18-17)8-5-6-10(13)9(7-8)12(14,15)16/h5-7,11,18H,2-4,17H2,1H3. The number of hydrogen-bond donors (Lipinski definition) is 2. The van der Waals surface area contributed by atoms with Crippen LogP contribution in [0.4, 0.5) is 13.2 Å². The molecule has 1 aromatic rings. The van der Waals surface area contributed by atoms with E-state index in [2.05, 4.69) is 21.4 Å². The second-order valence-corrected chi connectivity index (χ2v) is 4.95. The molecule has 1 aromatic carbocycles. The molecule has 2 nitrogen and oxygen atoms in total. The van der Waals surface area contributed by atoms with Crippen LogP contribution in [0.25, 0.3) is 0 Å². The van der Waals surface area contributed by atoms with E-state index in [4.69, 9.17) is 5.84 Å². The summed E-state index contributed by atoms with van der Waals surface area (Å²) in [6, 6.07) is 3.96. The number of nitrogens with one attached hydrogen (secondary N) is 1. The van der Waals surface area contributed by atoms with Crippen LogP contribution in [0.1, 0.15) is 43.4 Å². The van der Waals surface area contributed by atoms with Crippen molar-refractivity contribution in [2.75, 3.05) is 0 Å². The molecule has 0 heterocycles. The van der Waals surface area contributed by atoms with Crippen LogP contribution >= 0.6 is 15.9 Å². The van der Waals surface area contributed by atoms with Gasteiger partial charge < -0.3 is 0 Å². The number of nitrogens with two attached hydrogens (primary N) is 1. The number of halogens is 4. The molecule has 3 N–H and O–H groups in total. The summed E-state index contributed by atoms with van der Waals surface area (Å²) in [5.41, 5.74) is 2.46. The summed E-state index contributed by atoms with van der Waals surface area (Å²) in [4.78, 5) is 0. The molecule has 6 heteroatoms. The molecule has 1 rings (SSSR count). The maximum absolute atomic E-state index is 12.8. The number of unbranched alkanes of at least 4 members (excludes halogenated alkanes) is 1. The summed E-state index contributed by atoms with van der Waals surface area (Å²) in [7, 11) is 0. The molecule has 0 aliphatic rings. The highest BCUT2D eigenvalue weighted by atomic mass is 79.9. The average Bonchev–Trinajstić information content (AvgIpc) is 2.30. The third kappa shape index (κ3) is 3.96. The van der Waals surface area contributed by atoms with Crippen LogP contribution in [-0.4, -0.2) is 0 Å². The van der Waals surface area contributed by atoms with E-state index in [1.54, 1.807) is 6.07 Å². The predicted molar refractivity (Wildman–Crippen MR) is 68.7 cm³/mol. The summed E-state index contributed by atoms with van der Waals surface area (Å²) in [5.74, 6) is 5.40. The van der Waals surface area contributed by atoms with Crippen molar-refractivity contribution < 1.29 is 13.2 Å². The van der Waals surface area contributed by atoms with Crippen LogP contribution in [0.2, 0.25) is 0 Å². The summed E-state index contributed by atoms with van der Waals surface area (Å²) in [6.45, 7) is 2.02. The van der Waals surface area contributed by atoms with Gasteiger partial charge in [0.05, 0.1) is 5.56 Å². The number of rotatable bonds is 5. The van der Waals surface area contributed by atoms with Gasteiger partial charge in [0.1, 0.15) is 0 Å². The molecule has 1 atom stereocenters. The molecule has 0 aliphatic heterocycles. The number of alkyl halides is 3. The lowest BCUT2D eigenvalue weighted by molar-refractivity contribution is -0.138. The molecule has 102 valence electrons. The van der Waals surface area contributed by atoms with Crippen molar-refractivity contribution in [2.24, 2.45) is 5.84 Å². The third-order valence-corrected chi connectivity index (χ3v) is 3.44. The van der Waals surface area contributed by atoms with Gasteiger partial charge in [0.25, 0.3) is 0 Å². The minimum Gasteiger partial charge on any atom is -0.271 e. The topological polar surface area (TPSA) is 38.0 Å². The van der Waals surface area contributed by atoms with Crippen molar-refractivity contribution in [1.82, 2.24) is 5.43 Å². The van der Waals surface area contributed by atoms with Gasteiger partial charge in [-0.05, 0) is 24.1 Å². The first-order chi connectivity index (χ1) is 8.40. The Labute approximate surface area is 113 Å². The summed E-state index contributed by atoms with van der Waals surface area (Å²) < 4.78 is 38.3. The predicted octanol–water partition coefficient (Wildman–Crippen LogP) is 4.16. The van der Waals surface area contributed by atoms with Crippen LogP contribution in [0, 0.1) is 0 Å². The minimum absolute atomic E-state index is 0.0463. The lowest BCUT2D eigenvalue weighted by atomic mass is 9.99. The molecule has 1 unspecified atom stereocenters. The summed E-state index contributed by atoms with van der Waals surface area (Å²) >= 11 is 2.92. The Kier molecular flexibility index (Phi) is 5.62. The molecule has 0 spiro atoms. The van der Waals surface area contributed by atoms with Crippen LogP contribution in [0.15, 0.2) is 22.7 Å². The van der Waals surface area contributed by atoms with Crippen molar-refractivity contribution in [2.45, 2.75) is 38.4 Å². The molecule has 0 fully saturated rings. The van der Waals surface area contributed by atoms with Gasteiger partial charge in [-0.25, -0.2) is 0 Å². The zero-order valence-electron chi connectivity index (χ0n) is 10.0. The van der Waals surface area contributed by atoms with Crippen molar-refractivity contribution in [1.29, 1.82) is 0 Å². The van der Waals surface area contributed by atoms with Gasteiger partial charge in [0.15, 0.2) is 0 Å². The summed E-state index contributed by atoms with van der Waals surface area (Å²) in [5, 5.41) is 0. The maximum atomic E-state index is 12.8. The van der Waals surface area contributed by atoms with Gasteiger partial charge in [0, 0.05) is 10.5 Å². The average molecular weight is 325 g/mol. The first-order valence-corrected chi connectivity index (χ1v) is 6.52. The maximum Gasteiger partial charge on any atom is 0.417 e. The van der Waals surface area contributed by atoms with Crippen LogP contribution < -0.4 is 11.3 Å². The third-order valence-electron chi connectivity index (χ3n) is 2.75. The Morgan fingerprint density at radius 3 is 2.56 bits per heavy atom. The second-order valence-electron chi connectivity index (χ2n) is 4.10. The fourth-order valence-corrected chi connectivity index (χ4v) is 2.20. The van der Waals surface area contributed by atoms with Crippen molar-refractivity contribution >= 4 is 15.9 Å². The van der Waals surface area contributed by atoms with E-state index >= 15 is 0 Å². The molecule has 0 aromatic heterocycles. The van der Waals surface area contributed by atoms with Crippen LogP contribution in [0.3, 0.4) is 0 Å². The number of benzene rings is 1. The summed E-state index contributed by atoms with van der Waals surface area (Å²) in [6.07, 6.45) is -1.77. The SMILES string of the molecule is CCCCC(NN)c1ccc(Br)c(C(F)(F)F)c1. The van der Waals surface area contributed by atoms with E-state index in [1.807, 2.05) is 6.92 Å². The zero-order valence-corrected chi connectivity index (χ0v) is 11.6. The Balaban J connectivity index is 3.02. The van der Waals surface area contributed by atoms with Crippen molar-refractivity contribution in [3.05, 3.63) is 33.8 Å². The fourth-order valence-electron chi connectivity index (χ4n) is 1.73. The molecule has 0 saturated heterocycles. The molecule has 0 aliphatic carbocycles. The van der Waals surface area contributed by atoms with Gasteiger partial charge in [-0.3, -0.25) is 11.3 Å². The number of hydrazine groups is 1. The fraction of sp³-hybridized carbons (Fsp3) is 0.500. The van der Waals surface area contributed by atoms with Gasteiger partial charge in [0.2, 0.25) is 0 Å². The van der Waals surface area contributed by atoms with Crippen LogP contribution in [-0.2, 0) is 6.18 Å².